The van der Waals surface area contributed by atoms with Crippen LogP contribution in [-0.4, -0.2) is 104 Å². The molecule has 3 saturated carbocycles. The molecule has 2 saturated heterocycles. The summed E-state index contributed by atoms with van der Waals surface area (Å²) in [4.78, 5) is 38.8. The molecule has 2 radical (unpaired) electrons. The Labute approximate surface area is 362 Å². The predicted octanol–water partition coefficient (Wildman–Crippen LogP) is 8.14. The van der Waals surface area contributed by atoms with Crippen molar-refractivity contribution < 1.29 is 19.2 Å². The van der Waals surface area contributed by atoms with E-state index in [1.807, 2.05) is 49.5 Å². The maximum Gasteiger partial charge on any atom is 0.0472 e. The van der Waals surface area contributed by atoms with Crippen molar-refractivity contribution in [3.63, 3.8) is 0 Å². The number of fused-ring (bicyclic) bond motifs is 1. The molecule has 5 aliphatic carbocycles. The summed E-state index contributed by atoms with van der Waals surface area (Å²) in [7, 11) is 0. The van der Waals surface area contributed by atoms with Gasteiger partial charge in [-0.05, 0) is 49.4 Å². The second kappa shape index (κ2) is 16.0. The molecule has 1 aromatic carbocycles. The first kappa shape index (κ1) is 40.8. The van der Waals surface area contributed by atoms with E-state index in [0.29, 0.717) is 52.5 Å². The Morgan fingerprint density at radius 1 is 1.12 bits per heavy atom. The van der Waals surface area contributed by atoms with Crippen molar-refractivity contribution in [1.82, 2.24) is 23.7 Å². The van der Waals surface area contributed by atoms with E-state index >= 15 is 0 Å². The summed E-state index contributed by atoms with van der Waals surface area (Å²) in [6, 6.07) is 9.74. The Hall–Kier alpha value is -3.59. The van der Waals surface area contributed by atoms with Crippen LogP contribution >= 0.6 is 11.6 Å². The second-order valence-electron chi connectivity index (χ2n) is 19.1. The molecule has 7 aliphatic rings. The van der Waals surface area contributed by atoms with Gasteiger partial charge in [-0.3, -0.25) is 0 Å². The Kier molecular flexibility index (Phi) is 11.1. The van der Waals surface area contributed by atoms with Crippen LogP contribution in [0.2, 0.25) is 3.43 Å². The molecule has 14 heteroatoms. The number of pyridine rings is 1. The number of carbonyl (C=O) groups is 1. The van der Waals surface area contributed by atoms with Crippen LogP contribution in [0.4, 0.5) is 5.69 Å². The van der Waals surface area contributed by atoms with Gasteiger partial charge in [-0.1, -0.05) is 19.4 Å². The van der Waals surface area contributed by atoms with E-state index in [0.717, 1.165) is 94.8 Å². The fourth-order valence-electron chi connectivity index (χ4n) is 10.3. The number of amides is 1. The molecule has 4 heterocycles. The number of carbonyl (C=O) groups excluding carboxylic acids is 1. The molecule has 3 N–H and O–H groups in total. The number of aromatic nitrogens is 2. The number of aromatic amines is 1. The van der Waals surface area contributed by atoms with E-state index in [-0.39, 0.29) is 21.4 Å². The van der Waals surface area contributed by atoms with E-state index in [2.05, 4.69) is 42.5 Å². The maximum absolute atomic E-state index is 14.1. The number of allylic oxidation sites excluding steroid dienone is 3. The maximum atomic E-state index is 14.1. The molecule has 1 atom stereocenters. The molecule has 0 spiro atoms. The topological polar surface area (TPSA) is 138 Å². The zero-order valence-electron chi connectivity index (χ0n) is 34.5. The van der Waals surface area contributed by atoms with Crippen LogP contribution in [0.3, 0.4) is 0 Å². The third-order valence-corrected chi connectivity index (χ3v) is 17.8. The van der Waals surface area contributed by atoms with Gasteiger partial charge in [-0.2, -0.15) is 0 Å². The number of ether oxygens (including phenoxy) is 2. The number of hydrogen-bond donors (Lipinski definition) is 3. The second-order valence-corrected chi connectivity index (χ2v) is 24.5. The van der Waals surface area contributed by atoms with Crippen LogP contribution in [0.5, 0.6) is 11.5 Å². The Balaban J connectivity index is 0.886. The van der Waals surface area contributed by atoms with Gasteiger partial charge in [0.15, 0.2) is 0 Å². The third kappa shape index (κ3) is 8.65. The van der Waals surface area contributed by atoms with Gasteiger partial charge >= 0.3 is 279 Å². The van der Waals surface area contributed by atoms with Crippen molar-refractivity contribution in [2.45, 2.75) is 86.9 Å². The van der Waals surface area contributed by atoms with E-state index in [9.17, 15) is 14.9 Å². The van der Waals surface area contributed by atoms with Gasteiger partial charge < -0.3 is 0 Å². The standard InChI is InChI=1S/C32H38ClN5O2.C13H19N2O3.Sn/c1-30(2)7-5-22(26(15-30)31-18-32(33,19-31)20-31)17-37-9-11-38(12-10-37)23-3-4-25(28(34)39)27(14-23)40-24-13-21-6-8-35-29(21)36-16-24;1-10-2-3-12(13(8-10)15(16)17)14-9-11-4-6-18-7-5-11;/h3-4,6,8,13-14,16H,5,7,9-12,15,17-20H2,1-2H3,(H3,34,35,36,39);3,8,11,14H,2,4-7,9H2,1H3;/q;;+1/p-1. The largest absolute Gasteiger partial charge is 0.119 e. The van der Waals surface area contributed by atoms with E-state index in [4.69, 9.17) is 21.1 Å². The van der Waals surface area contributed by atoms with Gasteiger partial charge in [-0.15, -0.1) is 11.6 Å². The average molecular weight is 929 g/mol. The zero-order chi connectivity index (χ0) is 41.0. The van der Waals surface area contributed by atoms with Crippen LogP contribution in [0.25, 0.3) is 11.0 Å². The van der Waals surface area contributed by atoms with Gasteiger partial charge in [0.05, 0.1) is 0 Å². The fraction of sp³-hybridized carbons (Fsp3) is 0.556. The number of rotatable bonds is 13. The number of anilines is 1. The van der Waals surface area contributed by atoms with Crippen molar-refractivity contribution in [2.75, 3.05) is 57.4 Å². The van der Waals surface area contributed by atoms with Gasteiger partial charge in [0.1, 0.15) is 0 Å². The normalized spacial score (nSPS) is 28.3. The summed E-state index contributed by atoms with van der Waals surface area (Å²) in [6.45, 7) is 13.7. The van der Waals surface area contributed by atoms with Gasteiger partial charge in [-0.25, -0.2) is 0 Å². The molecule has 2 bridgehead atoms. The number of nitro groups is 1. The quantitative estimate of drug-likeness (QED) is 0.0510. The minimum Gasteiger partial charge on any atom is -0.119 e. The molecule has 312 valence electrons. The fourth-order valence-corrected chi connectivity index (χ4v) is 13.8. The average Bonchev–Trinajstić information content (AvgIpc) is 3.67. The third-order valence-electron chi connectivity index (χ3n) is 13.8. The summed E-state index contributed by atoms with van der Waals surface area (Å²) >= 11 is 5.03. The molecule has 12 nitrogen and oxygen atoms in total. The van der Waals surface area contributed by atoms with Crippen LogP contribution in [-0.2, 0) is 4.74 Å². The molecule has 2 aliphatic heterocycles. The van der Waals surface area contributed by atoms with Crippen molar-refractivity contribution >= 4 is 55.6 Å². The number of nitrogens with one attached hydrogen (secondary N) is 3. The first-order chi connectivity index (χ1) is 28.3. The summed E-state index contributed by atoms with van der Waals surface area (Å²) < 4.78 is 14.8. The molecule has 10 rings (SSSR count). The minimum absolute atomic E-state index is 0.0797. The van der Waals surface area contributed by atoms with E-state index < -0.39 is 24.8 Å². The molecule has 1 amide bonds. The Morgan fingerprint density at radius 2 is 1.90 bits per heavy atom. The van der Waals surface area contributed by atoms with Crippen LogP contribution in [0, 0.1) is 26.9 Å². The van der Waals surface area contributed by atoms with Crippen LogP contribution in [0.15, 0.2) is 77.4 Å². The molecule has 1 unspecified atom stereocenters. The first-order valence-electron chi connectivity index (χ1n) is 21.4. The number of piperazine rings is 1. The summed E-state index contributed by atoms with van der Waals surface area (Å²) in [5.74, 6) is 1.21. The molecule has 3 aromatic rings. The van der Waals surface area contributed by atoms with Crippen LogP contribution in [0.1, 0.15) is 88.9 Å². The number of halogens is 1. The van der Waals surface area contributed by atoms with Gasteiger partial charge in [0, 0.05) is 4.87 Å². The number of alkyl halides is 1. The molecular weight excluding hydrogens is 873 g/mol. The summed E-state index contributed by atoms with van der Waals surface area (Å²) in [5.41, 5.74) is 6.99. The number of nitrogens with zero attached hydrogens (tertiary/aromatic N) is 4. The molecule has 59 heavy (non-hydrogen) atoms. The van der Waals surface area contributed by atoms with Crippen molar-refractivity contribution in [2.24, 2.45) is 16.7 Å². The first-order valence-corrected chi connectivity index (χ1v) is 24.6. The van der Waals surface area contributed by atoms with Crippen molar-refractivity contribution in [1.29, 1.82) is 0 Å². The minimum atomic E-state index is -1.74. The summed E-state index contributed by atoms with van der Waals surface area (Å²) in [6.07, 6.45) is 16.9. The monoisotopic (exact) mass is 929 g/mol. The predicted molar refractivity (Wildman–Crippen MR) is 232 cm³/mol. The van der Waals surface area contributed by atoms with Crippen LogP contribution < -0.4 is 18.5 Å². The Morgan fingerprint density at radius 3 is 2.64 bits per heavy atom. The number of hydrogen-bond acceptors (Lipinski definition) is 9. The van der Waals surface area contributed by atoms with Gasteiger partial charge in [0.25, 0.3) is 0 Å². The summed E-state index contributed by atoms with van der Waals surface area (Å²) in [5, 5.41) is 16.5. The molecular formula is C45H56ClN7O5Sn. The van der Waals surface area contributed by atoms with E-state index in [1.165, 1.54) is 19.3 Å². The molecule has 5 fully saturated rings. The Bertz CT molecular complexity index is 2200. The zero-order valence-corrected chi connectivity index (χ0v) is 38.1. The number of H-pyrrole nitrogens is 1. The number of benzene rings is 1. The smallest absolute Gasteiger partial charge is 0.0472 e. The van der Waals surface area contributed by atoms with Gasteiger partial charge in [0.2, 0.25) is 0 Å². The SMILES string of the molecule is CC1(C)CCC(CN2CCN(c3ccc(C(=O)[NH][Sn][C]4(C)C=C([N+](=O)[O-])C(NCC5CCOCC5)=CC4)c(Oc4cnc5[nH]ccc5c4)c3)CC2)=C(C23CC(Cl)(C2)C3)C1. The van der Waals surface area contributed by atoms with Crippen molar-refractivity contribution in [3.05, 3.63) is 93.1 Å². The molecule has 2 aromatic heterocycles. The van der Waals surface area contributed by atoms with Crippen molar-refractivity contribution in [3.8, 4) is 11.5 Å². The van der Waals surface area contributed by atoms with E-state index in [1.54, 1.807) is 23.4 Å².